The molecular formula is C16H12F4O5S. The zero-order valence-electron chi connectivity index (χ0n) is 13.2. The van der Waals surface area contributed by atoms with Gasteiger partial charge in [-0.25, -0.2) is 12.8 Å². The summed E-state index contributed by atoms with van der Waals surface area (Å²) >= 11 is 0. The second-order valence-corrected chi connectivity index (χ2v) is 7.38. The molecule has 0 spiro atoms. The first-order valence-electron chi connectivity index (χ1n) is 6.97. The highest BCUT2D eigenvalue weighted by Crippen LogP contribution is 2.40. The Morgan fingerprint density at radius 3 is 2.31 bits per heavy atom. The Morgan fingerprint density at radius 1 is 1.12 bits per heavy atom. The van der Waals surface area contributed by atoms with Crippen molar-refractivity contribution in [2.75, 3.05) is 6.26 Å². The van der Waals surface area contributed by atoms with E-state index in [0.29, 0.717) is 6.07 Å². The lowest BCUT2D eigenvalue weighted by atomic mass is 10.1. The van der Waals surface area contributed by atoms with E-state index < -0.39 is 56.2 Å². The Morgan fingerprint density at radius 2 is 1.77 bits per heavy atom. The van der Waals surface area contributed by atoms with Crippen LogP contribution in [0.3, 0.4) is 0 Å². The zero-order chi connectivity index (χ0) is 19.7. The van der Waals surface area contributed by atoms with Crippen molar-refractivity contribution in [3.8, 4) is 11.5 Å². The topological polar surface area (TPSA) is 80.7 Å². The summed E-state index contributed by atoms with van der Waals surface area (Å²) in [5.74, 6) is -3.63. The summed E-state index contributed by atoms with van der Waals surface area (Å²) in [6, 6.07) is 5.05. The van der Waals surface area contributed by atoms with Gasteiger partial charge in [0.2, 0.25) is 0 Å². The second kappa shape index (κ2) is 6.94. The van der Waals surface area contributed by atoms with Gasteiger partial charge in [-0.05, 0) is 35.9 Å². The largest absolute Gasteiger partial charge is 0.481 e. The summed E-state index contributed by atoms with van der Waals surface area (Å²) in [6.45, 7) is 0. The van der Waals surface area contributed by atoms with Crippen LogP contribution in [0, 0.1) is 5.82 Å². The summed E-state index contributed by atoms with van der Waals surface area (Å²) in [7, 11) is -3.90. The van der Waals surface area contributed by atoms with Gasteiger partial charge in [0.05, 0.1) is 16.9 Å². The number of hydrogen-bond donors (Lipinski definition) is 1. The average Bonchev–Trinajstić information content (AvgIpc) is 2.48. The van der Waals surface area contributed by atoms with Gasteiger partial charge in [0.1, 0.15) is 5.75 Å². The van der Waals surface area contributed by atoms with Crippen LogP contribution in [0.15, 0.2) is 41.3 Å². The van der Waals surface area contributed by atoms with E-state index >= 15 is 0 Å². The fourth-order valence-electron chi connectivity index (χ4n) is 2.08. The van der Waals surface area contributed by atoms with Crippen molar-refractivity contribution >= 4 is 15.8 Å². The number of carbonyl (C=O) groups is 1. The molecule has 0 heterocycles. The van der Waals surface area contributed by atoms with Gasteiger partial charge in [-0.1, -0.05) is 6.07 Å². The third kappa shape index (κ3) is 4.72. The highest BCUT2D eigenvalue weighted by atomic mass is 32.2. The lowest BCUT2D eigenvalue weighted by Crippen LogP contribution is -2.10. The van der Waals surface area contributed by atoms with Gasteiger partial charge in [-0.2, -0.15) is 13.2 Å². The fourth-order valence-corrected chi connectivity index (χ4v) is 2.73. The molecule has 0 aliphatic rings. The quantitative estimate of drug-likeness (QED) is 0.786. The molecule has 0 aliphatic heterocycles. The van der Waals surface area contributed by atoms with Gasteiger partial charge >= 0.3 is 12.1 Å². The molecule has 2 aromatic carbocycles. The van der Waals surface area contributed by atoms with Crippen LogP contribution in [0.25, 0.3) is 0 Å². The molecule has 2 aromatic rings. The summed E-state index contributed by atoms with van der Waals surface area (Å²) in [6.07, 6.45) is -4.68. The molecule has 0 saturated heterocycles. The number of carboxylic acid groups (broad SMARTS) is 1. The summed E-state index contributed by atoms with van der Waals surface area (Å²) in [5.41, 5.74) is -1.28. The van der Waals surface area contributed by atoms with Crippen LogP contribution in [-0.2, 0) is 27.2 Å². The molecule has 26 heavy (non-hydrogen) atoms. The van der Waals surface area contributed by atoms with E-state index in [9.17, 15) is 30.8 Å². The van der Waals surface area contributed by atoms with Crippen LogP contribution in [0.5, 0.6) is 11.5 Å². The molecule has 10 heteroatoms. The van der Waals surface area contributed by atoms with E-state index in [4.69, 9.17) is 9.84 Å². The highest BCUT2D eigenvalue weighted by molar-refractivity contribution is 7.90. The number of alkyl halides is 3. The predicted molar refractivity (Wildman–Crippen MR) is 82.4 cm³/mol. The molecule has 0 aromatic heterocycles. The number of sulfone groups is 1. The van der Waals surface area contributed by atoms with Gasteiger partial charge in [-0.15, -0.1) is 0 Å². The van der Waals surface area contributed by atoms with Gasteiger partial charge < -0.3 is 9.84 Å². The third-order valence-corrected chi connectivity index (χ3v) is 4.37. The van der Waals surface area contributed by atoms with E-state index in [1.807, 2.05) is 0 Å². The highest BCUT2D eigenvalue weighted by Gasteiger charge is 2.36. The first-order chi connectivity index (χ1) is 11.9. The molecule has 0 bridgehead atoms. The van der Waals surface area contributed by atoms with Crippen molar-refractivity contribution in [1.82, 2.24) is 0 Å². The molecule has 0 unspecified atom stereocenters. The summed E-state index contributed by atoms with van der Waals surface area (Å²) in [4.78, 5) is 10.1. The van der Waals surface area contributed by atoms with E-state index in [-0.39, 0.29) is 5.56 Å². The maximum absolute atomic E-state index is 13.8. The molecule has 140 valence electrons. The van der Waals surface area contributed by atoms with Gasteiger partial charge in [0, 0.05) is 6.26 Å². The van der Waals surface area contributed by atoms with Crippen LogP contribution < -0.4 is 4.74 Å². The monoisotopic (exact) mass is 392 g/mol. The fraction of sp³-hybridized carbons (Fsp3) is 0.188. The van der Waals surface area contributed by atoms with E-state index in [2.05, 4.69) is 0 Å². The molecular weight excluding hydrogens is 380 g/mol. The van der Waals surface area contributed by atoms with Crippen molar-refractivity contribution < 1.29 is 40.6 Å². The molecule has 5 nitrogen and oxygen atoms in total. The van der Waals surface area contributed by atoms with Crippen LogP contribution in [-0.4, -0.2) is 25.7 Å². The lowest BCUT2D eigenvalue weighted by Gasteiger charge is -2.15. The Bertz CT molecular complexity index is 952. The Hall–Kier alpha value is -2.62. The van der Waals surface area contributed by atoms with Crippen molar-refractivity contribution in [3.05, 3.63) is 53.3 Å². The maximum atomic E-state index is 13.8. The number of aliphatic carboxylic acids is 1. The first-order valence-corrected chi connectivity index (χ1v) is 8.86. The summed E-state index contributed by atoms with van der Waals surface area (Å²) in [5, 5.41) is 8.73. The van der Waals surface area contributed by atoms with Crippen LogP contribution in [0.1, 0.15) is 11.1 Å². The SMILES string of the molecule is CS(=O)(=O)c1ccc(Oc2cc(CC(=O)O)ccc2F)c(C(F)(F)F)c1. The molecule has 2 rings (SSSR count). The van der Waals surface area contributed by atoms with E-state index in [0.717, 1.165) is 36.6 Å². The summed E-state index contributed by atoms with van der Waals surface area (Å²) < 4.78 is 81.4. The molecule has 1 N–H and O–H groups in total. The van der Waals surface area contributed by atoms with Crippen LogP contribution in [0.4, 0.5) is 17.6 Å². The standard InChI is InChI=1S/C16H12F4O5S/c1-26(23,24)10-3-5-13(11(8-10)16(18,19)20)25-14-6-9(7-15(21)22)2-4-12(14)17/h2-6,8H,7H2,1H3,(H,21,22). The maximum Gasteiger partial charge on any atom is 0.420 e. The van der Waals surface area contributed by atoms with Gasteiger partial charge in [0.15, 0.2) is 21.4 Å². The van der Waals surface area contributed by atoms with Crippen molar-refractivity contribution in [2.24, 2.45) is 0 Å². The Kier molecular flexibility index (Phi) is 5.26. The number of benzene rings is 2. The number of ether oxygens (including phenoxy) is 1. The average molecular weight is 392 g/mol. The number of carboxylic acids is 1. The lowest BCUT2D eigenvalue weighted by molar-refractivity contribution is -0.139. The van der Waals surface area contributed by atoms with E-state index in [1.54, 1.807) is 0 Å². The molecule has 0 amide bonds. The second-order valence-electron chi connectivity index (χ2n) is 5.37. The van der Waals surface area contributed by atoms with Crippen LogP contribution in [0.2, 0.25) is 0 Å². The van der Waals surface area contributed by atoms with Crippen molar-refractivity contribution in [2.45, 2.75) is 17.5 Å². The molecule has 0 atom stereocenters. The molecule has 0 radical (unpaired) electrons. The number of rotatable bonds is 5. The van der Waals surface area contributed by atoms with Crippen molar-refractivity contribution in [3.63, 3.8) is 0 Å². The molecule has 0 saturated carbocycles. The third-order valence-electron chi connectivity index (χ3n) is 3.26. The minimum Gasteiger partial charge on any atom is -0.481 e. The van der Waals surface area contributed by atoms with Crippen LogP contribution >= 0.6 is 0 Å². The van der Waals surface area contributed by atoms with Crippen molar-refractivity contribution in [1.29, 1.82) is 0 Å². The first kappa shape index (κ1) is 19.7. The number of hydrogen-bond acceptors (Lipinski definition) is 4. The normalized spacial score (nSPS) is 12.0. The number of halogens is 4. The minimum absolute atomic E-state index is 0.121. The minimum atomic E-state index is -4.95. The van der Waals surface area contributed by atoms with E-state index in [1.165, 1.54) is 0 Å². The predicted octanol–water partition coefficient (Wildman–Crippen LogP) is 3.67. The van der Waals surface area contributed by atoms with Gasteiger partial charge in [0.25, 0.3) is 0 Å². The Labute approximate surface area is 145 Å². The molecule has 0 fully saturated rings. The smallest absolute Gasteiger partial charge is 0.420 e. The zero-order valence-corrected chi connectivity index (χ0v) is 14.0. The van der Waals surface area contributed by atoms with Gasteiger partial charge in [-0.3, -0.25) is 4.79 Å². The Balaban J connectivity index is 2.51. The molecule has 0 aliphatic carbocycles.